The van der Waals surface area contributed by atoms with Crippen LogP contribution < -0.4 is 5.32 Å². The lowest BCUT2D eigenvalue weighted by molar-refractivity contribution is -0.190. The molecule has 1 aliphatic heterocycles. The summed E-state index contributed by atoms with van der Waals surface area (Å²) in [5.74, 6) is -2.57. The minimum Gasteiger partial charge on any atom is -0.344 e. The van der Waals surface area contributed by atoms with Gasteiger partial charge in [-0.05, 0) is 48.1 Å². The van der Waals surface area contributed by atoms with E-state index in [2.05, 4.69) is 10.3 Å². The summed E-state index contributed by atoms with van der Waals surface area (Å²) in [6, 6.07) is 25.4. The quantitative estimate of drug-likeness (QED) is 0.270. The van der Waals surface area contributed by atoms with Crippen LogP contribution in [-0.4, -0.2) is 63.4 Å². The Hall–Kier alpha value is -4.73. The molecule has 0 bridgehead atoms. The van der Waals surface area contributed by atoms with Crippen LogP contribution in [0.25, 0.3) is 10.9 Å². The molecule has 1 fully saturated rings. The predicted octanol–water partition coefficient (Wildman–Crippen LogP) is 5.48. The standard InChI is InChI=1S/C35H35F3N4O3/c1-24(43)40-32(21-26-12-6-3-7-13-26)33(44)41-19-17-28(22-29(41)20-25-10-4-2-5-11-25)42(34(45)35(36,37)38)23-27-16-18-39-31-15-9-8-14-30(27)31/h2-16,18,28-29,32H,17,19-23H2,1H3,(H,40,43)/t28?,29?,32-/m0/s1. The number of fused-ring (bicyclic) bond motifs is 1. The lowest BCUT2D eigenvalue weighted by atomic mass is 9.89. The number of hydrogen-bond acceptors (Lipinski definition) is 4. The van der Waals surface area contributed by atoms with Crippen molar-refractivity contribution in [2.75, 3.05) is 6.54 Å². The van der Waals surface area contributed by atoms with E-state index in [1.807, 2.05) is 60.7 Å². The number of aromatic nitrogens is 1. The predicted molar refractivity (Wildman–Crippen MR) is 165 cm³/mol. The molecular weight excluding hydrogens is 581 g/mol. The highest BCUT2D eigenvalue weighted by Gasteiger charge is 2.47. The molecule has 45 heavy (non-hydrogen) atoms. The number of amides is 3. The average Bonchev–Trinajstić information content (AvgIpc) is 3.03. The Morgan fingerprint density at radius 1 is 0.933 bits per heavy atom. The number of likely N-dealkylation sites (tertiary alicyclic amines) is 1. The third-order valence-corrected chi connectivity index (χ3v) is 8.27. The molecule has 10 heteroatoms. The van der Waals surface area contributed by atoms with E-state index in [0.29, 0.717) is 22.9 Å². The normalized spacial score (nSPS) is 17.5. The van der Waals surface area contributed by atoms with E-state index in [-0.39, 0.29) is 44.2 Å². The van der Waals surface area contributed by atoms with E-state index in [9.17, 15) is 27.6 Å². The number of carbonyl (C=O) groups excluding carboxylic acids is 3. The van der Waals surface area contributed by atoms with Crippen LogP contribution in [0.3, 0.4) is 0 Å². The van der Waals surface area contributed by atoms with Gasteiger partial charge in [-0.2, -0.15) is 13.2 Å². The van der Waals surface area contributed by atoms with Crippen molar-refractivity contribution in [2.24, 2.45) is 0 Å². The van der Waals surface area contributed by atoms with Crippen molar-refractivity contribution < 1.29 is 27.6 Å². The molecule has 2 heterocycles. The number of alkyl halides is 3. The number of nitrogens with one attached hydrogen (secondary N) is 1. The van der Waals surface area contributed by atoms with Gasteiger partial charge in [0, 0.05) is 50.1 Å². The van der Waals surface area contributed by atoms with Gasteiger partial charge in [-0.3, -0.25) is 19.4 Å². The first kappa shape index (κ1) is 31.7. The van der Waals surface area contributed by atoms with Crippen molar-refractivity contribution in [1.29, 1.82) is 0 Å². The second-order valence-corrected chi connectivity index (χ2v) is 11.4. The summed E-state index contributed by atoms with van der Waals surface area (Å²) in [5, 5.41) is 3.46. The highest BCUT2D eigenvalue weighted by molar-refractivity contribution is 5.88. The highest BCUT2D eigenvalue weighted by Crippen LogP contribution is 2.31. The minimum absolute atomic E-state index is 0.130. The second-order valence-electron chi connectivity index (χ2n) is 11.4. The number of hydrogen-bond donors (Lipinski definition) is 1. The van der Waals surface area contributed by atoms with Crippen LogP contribution in [-0.2, 0) is 33.8 Å². The van der Waals surface area contributed by atoms with Crippen LogP contribution >= 0.6 is 0 Å². The number of nitrogens with zero attached hydrogens (tertiary/aromatic N) is 3. The Morgan fingerprint density at radius 2 is 1.58 bits per heavy atom. The Labute approximate surface area is 260 Å². The van der Waals surface area contributed by atoms with E-state index >= 15 is 0 Å². The lowest BCUT2D eigenvalue weighted by Gasteiger charge is -2.45. The molecule has 1 N–H and O–H groups in total. The van der Waals surface area contributed by atoms with Gasteiger partial charge in [0.05, 0.1) is 5.52 Å². The summed E-state index contributed by atoms with van der Waals surface area (Å²) < 4.78 is 42.1. The van der Waals surface area contributed by atoms with Gasteiger partial charge < -0.3 is 15.1 Å². The maximum Gasteiger partial charge on any atom is 0.471 e. The molecule has 7 nitrogen and oxygen atoms in total. The van der Waals surface area contributed by atoms with Crippen molar-refractivity contribution in [2.45, 2.75) is 63.5 Å². The first-order valence-corrected chi connectivity index (χ1v) is 15.0. The SMILES string of the molecule is CC(=O)N[C@@H](Cc1ccccc1)C(=O)N1CCC(N(Cc2ccnc3ccccc23)C(=O)C(F)(F)F)CC1Cc1ccccc1. The molecule has 1 aromatic heterocycles. The zero-order valence-electron chi connectivity index (χ0n) is 24.9. The van der Waals surface area contributed by atoms with Crippen LogP contribution in [0.2, 0.25) is 0 Å². The van der Waals surface area contributed by atoms with Gasteiger partial charge in [0.15, 0.2) is 0 Å². The largest absolute Gasteiger partial charge is 0.471 e. The molecule has 0 radical (unpaired) electrons. The second kappa shape index (κ2) is 13.9. The smallest absolute Gasteiger partial charge is 0.344 e. The third-order valence-electron chi connectivity index (χ3n) is 8.27. The fourth-order valence-electron chi connectivity index (χ4n) is 6.18. The minimum atomic E-state index is -5.07. The van der Waals surface area contributed by atoms with E-state index in [4.69, 9.17) is 0 Å². The summed E-state index contributed by atoms with van der Waals surface area (Å²) in [6.45, 7) is 1.23. The van der Waals surface area contributed by atoms with Crippen LogP contribution in [0.4, 0.5) is 13.2 Å². The number of halogens is 3. The van der Waals surface area contributed by atoms with Crippen LogP contribution in [0.5, 0.6) is 0 Å². The Balaban J connectivity index is 1.46. The molecule has 0 spiro atoms. The number of para-hydroxylation sites is 1. The Bertz CT molecular complexity index is 1630. The fourth-order valence-corrected chi connectivity index (χ4v) is 6.18. The first-order valence-electron chi connectivity index (χ1n) is 15.0. The molecule has 1 aliphatic rings. The maximum absolute atomic E-state index is 14.1. The Kier molecular flexibility index (Phi) is 9.80. The molecule has 0 saturated carbocycles. The summed E-state index contributed by atoms with van der Waals surface area (Å²) in [4.78, 5) is 46.1. The van der Waals surface area contributed by atoms with E-state index in [0.717, 1.165) is 16.0 Å². The molecule has 5 rings (SSSR count). The highest BCUT2D eigenvalue weighted by atomic mass is 19.4. The molecule has 3 atom stereocenters. The van der Waals surface area contributed by atoms with E-state index < -0.39 is 30.2 Å². The fraction of sp³-hybridized carbons (Fsp3) is 0.314. The van der Waals surface area contributed by atoms with E-state index in [1.165, 1.54) is 13.1 Å². The molecule has 4 aromatic rings. The van der Waals surface area contributed by atoms with Gasteiger partial charge in [-0.15, -0.1) is 0 Å². The monoisotopic (exact) mass is 616 g/mol. The van der Waals surface area contributed by atoms with Crippen molar-refractivity contribution in [3.63, 3.8) is 0 Å². The zero-order chi connectivity index (χ0) is 32.0. The molecule has 2 unspecified atom stereocenters. The topological polar surface area (TPSA) is 82.6 Å². The molecule has 3 aromatic carbocycles. The van der Waals surface area contributed by atoms with Gasteiger partial charge in [0.2, 0.25) is 11.8 Å². The third kappa shape index (κ3) is 7.87. The van der Waals surface area contributed by atoms with Crippen molar-refractivity contribution in [3.05, 3.63) is 114 Å². The van der Waals surface area contributed by atoms with Gasteiger partial charge in [-0.25, -0.2) is 0 Å². The van der Waals surface area contributed by atoms with Crippen molar-refractivity contribution in [1.82, 2.24) is 20.1 Å². The number of rotatable bonds is 9. The Morgan fingerprint density at radius 3 is 2.24 bits per heavy atom. The van der Waals surface area contributed by atoms with Crippen LogP contribution in [0, 0.1) is 0 Å². The summed E-state index contributed by atoms with van der Waals surface area (Å²) in [7, 11) is 0. The van der Waals surface area contributed by atoms with Gasteiger partial charge in [-0.1, -0.05) is 78.9 Å². The number of pyridine rings is 1. The molecule has 3 amide bonds. The zero-order valence-corrected chi connectivity index (χ0v) is 24.9. The molecule has 1 saturated heterocycles. The van der Waals surface area contributed by atoms with Crippen LogP contribution in [0.15, 0.2) is 97.2 Å². The average molecular weight is 617 g/mol. The summed E-state index contributed by atoms with van der Waals surface area (Å²) in [6.07, 6.45) is -2.60. The van der Waals surface area contributed by atoms with Gasteiger partial charge in [0.25, 0.3) is 0 Å². The maximum atomic E-state index is 14.1. The molecular formula is C35H35F3N4O3. The molecule has 0 aliphatic carbocycles. The van der Waals surface area contributed by atoms with Crippen molar-refractivity contribution in [3.8, 4) is 0 Å². The summed E-state index contributed by atoms with van der Waals surface area (Å²) >= 11 is 0. The van der Waals surface area contributed by atoms with Gasteiger partial charge in [0.1, 0.15) is 6.04 Å². The van der Waals surface area contributed by atoms with E-state index in [1.54, 1.807) is 35.2 Å². The first-order chi connectivity index (χ1) is 21.6. The van der Waals surface area contributed by atoms with Crippen molar-refractivity contribution >= 4 is 28.6 Å². The number of carbonyl (C=O) groups is 3. The molecule has 234 valence electrons. The van der Waals surface area contributed by atoms with Crippen LogP contribution in [0.1, 0.15) is 36.5 Å². The summed E-state index contributed by atoms with van der Waals surface area (Å²) in [5.41, 5.74) is 2.96. The lowest BCUT2D eigenvalue weighted by Crippen LogP contribution is -2.59. The number of benzene rings is 3. The van der Waals surface area contributed by atoms with Gasteiger partial charge >= 0.3 is 12.1 Å². The number of piperidine rings is 1.